The minimum Gasteiger partial charge on any atom is -0.352 e. The van der Waals surface area contributed by atoms with E-state index in [9.17, 15) is 14.9 Å². The number of hydrogen-bond acceptors (Lipinski definition) is 4. The van der Waals surface area contributed by atoms with Gasteiger partial charge >= 0.3 is 0 Å². The highest BCUT2D eigenvalue weighted by Gasteiger charge is 2.17. The van der Waals surface area contributed by atoms with Crippen LogP contribution >= 0.6 is 15.9 Å². The van der Waals surface area contributed by atoms with Crippen LogP contribution in [0.2, 0.25) is 0 Å². The summed E-state index contributed by atoms with van der Waals surface area (Å²) in [5, 5.41) is 18.0. The van der Waals surface area contributed by atoms with Crippen LogP contribution in [0.5, 0.6) is 0 Å². The monoisotopic (exact) mass is 380 g/mol. The number of amides is 1. The van der Waals surface area contributed by atoms with Gasteiger partial charge in [-0.25, -0.2) is 0 Å². The summed E-state index contributed by atoms with van der Waals surface area (Å²) in [7, 11) is 0. The van der Waals surface area contributed by atoms with Crippen molar-refractivity contribution in [2.24, 2.45) is 0 Å². The van der Waals surface area contributed by atoms with E-state index in [2.05, 4.69) is 26.3 Å². The molecule has 1 aromatic heterocycles. The molecule has 1 heterocycles. The molecular formula is C15H17BrN4O3. The Bertz CT molecular complexity index is 723. The Kier molecular flexibility index (Phi) is 5.49. The Balaban J connectivity index is 1.90. The highest BCUT2D eigenvalue weighted by Crippen LogP contribution is 2.20. The fourth-order valence-corrected chi connectivity index (χ4v) is 2.53. The van der Waals surface area contributed by atoms with E-state index in [1.165, 1.54) is 12.1 Å². The van der Waals surface area contributed by atoms with Crippen LogP contribution in [-0.2, 0) is 6.54 Å². The molecule has 2 aromatic rings. The summed E-state index contributed by atoms with van der Waals surface area (Å²) < 4.78 is 2.76. The Morgan fingerprint density at radius 2 is 2.17 bits per heavy atom. The third-order valence-corrected chi connectivity index (χ3v) is 4.26. The standard InChI is InChI=1S/C15H17BrN4O3/c1-10-12(5-3-6-14(10)20(22)23)15(21)17-7-4-8-19-9-13(16)11(2)18-19/h3,5-6,9H,4,7-8H2,1-2H3,(H,17,21). The van der Waals surface area contributed by atoms with Gasteiger partial charge in [0.2, 0.25) is 0 Å². The third kappa shape index (κ3) is 4.16. The maximum atomic E-state index is 12.1. The van der Waals surface area contributed by atoms with Crippen LogP contribution in [0.3, 0.4) is 0 Å². The molecule has 0 aliphatic heterocycles. The fraction of sp³-hybridized carbons (Fsp3) is 0.333. The number of benzene rings is 1. The van der Waals surface area contributed by atoms with Crippen molar-refractivity contribution < 1.29 is 9.72 Å². The maximum absolute atomic E-state index is 12.1. The van der Waals surface area contributed by atoms with Gasteiger partial charge in [0.25, 0.3) is 11.6 Å². The van der Waals surface area contributed by atoms with Gasteiger partial charge in [0.05, 0.1) is 15.1 Å². The van der Waals surface area contributed by atoms with E-state index in [4.69, 9.17) is 0 Å². The number of halogens is 1. The first-order chi connectivity index (χ1) is 10.9. The first-order valence-corrected chi connectivity index (χ1v) is 7.91. The van der Waals surface area contributed by atoms with Crippen molar-refractivity contribution in [2.45, 2.75) is 26.8 Å². The van der Waals surface area contributed by atoms with Gasteiger partial charge in [0.15, 0.2) is 0 Å². The van der Waals surface area contributed by atoms with E-state index in [1.54, 1.807) is 13.0 Å². The summed E-state index contributed by atoms with van der Waals surface area (Å²) in [5.74, 6) is -0.302. The van der Waals surface area contributed by atoms with Gasteiger partial charge in [-0.15, -0.1) is 0 Å². The van der Waals surface area contributed by atoms with Crippen LogP contribution in [0.25, 0.3) is 0 Å². The number of carbonyl (C=O) groups is 1. The Morgan fingerprint density at radius 3 is 2.78 bits per heavy atom. The number of rotatable bonds is 6. The van der Waals surface area contributed by atoms with Crippen LogP contribution in [0.4, 0.5) is 5.69 Å². The predicted octanol–water partition coefficient (Wildman–Crippen LogP) is 2.99. The van der Waals surface area contributed by atoms with Crippen LogP contribution in [0.15, 0.2) is 28.9 Å². The number of carbonyl (C=O) groups excluding carboxylic acids is 1. The zero-order valence-electron chi connectivity index (χ0n) is 12.9. The summed E-state index contributed by atoms with van der Waals surface area (Å²) in [4.78, 5) is 22.6. The van der Waals surface area contributed by atoms with E-state index in [0.29, 0.717) is 30.6 Å². The number of hydrogen-bond donors (Lipinski definition) is 1. The number of aromatic nitrogens is 2. The average Bonchev–Trinajstić information content (AvgIpc) is 2.82. The molecule has 1 N–H and O–H groups in total. The van der Waals surface area contributed by atoms with Crippen LogP contribution < -0.4 is 5.32 Å². The topological polar surface area (TPSA) is 90.1 Å². The van der Waals surface area contributed by atoms with Gasteiger partial charge in [-0.05, 0) is 42.3 Å². The minimum atomic E-state index is -0.482. The molecule has 122 valence electrons. The third-order valence-electron chi connectivity index (χ3n) is 3.48. The first kappa shape index (κ1) is 17.1. The highest BCUT2D eigenvalue weighted by atomic mass is 79.9. The van der Waals surface area contributed by atoms with E-state index in [0.717, 1.165) is 10.2 Å². The molecule has 7 nitrogen and oxygen atoms in total. The molecule has 0 saturated carbocycles. The molecule has 1 aromatic carbocycles. The molecule has 2 rings (SSSR count). The van der Waals surface area contributed by atoms with E-state index in [-0.39, 0.29) is 11.6 Å². The van der Waals surface area contributed by atoms with Crippen LogP contribution in [-0.4, -0.2) is 27.2 Å². The molecular weight excluding hydrogens is 364 g/mol. The average molecular weight is 381 g/mol. The number of nitro groups is 1. The minimum absolute atomic E-state index is 0.0467. The van der Waals surface area contributed by atoms with Crippen molar-refractivity contribution in [2.75, 3.05) is 6.54 Å². The quantitative estimate of drug-likeness (QED) is 0.473. The number of nitro benzene ring substituents is 1. The van der Waals surface area contributed by atoms with Crippen molar-refractivity contribution >= 4 is 27.5 Å². The second kappa shape index (κ2) is 7.36. The first-order valence-electron chi connectivity index (χ1n) is 7.12. The zero-order chi connectivity index (χ0) is 17.0. The summed E-state index contributed by atoms with van der Waals surface area (Å²) >= 11 is 3.40. The van der Waals surface area contributed by atoms with Gasteiger partial charge in [-0.1, -0.05) is 6.07 Å². The number of nitrogens with zero attached hydrogens (tertiary/aromatic N) is 3. The molecule has 8 heteroatoms. The zero-order valence-corrected chi connectivity index (χ0v) is 14.5. The van der Waals surface area contributed by atoms with E-state index >= 15 is 0 Å². The largest absolute Gasteiger partial charge is 0.352 e. The lowest BCUT2D eigenvalue weighted by molar-refractivity contribution is -0.385. The van der Waals surface area contributed by atoms with E-state index in [1.807, 2.05) is 17.8 Å². The van der Waals surface area contributed by atoms with Gasteiger partial charge < -0.3 is 5.32 Å². The molecule has 0 fully saturated rings. The van der Waals surface area contributed by atoms with Crippen molar-refractivity contribution in [3.05, 3.63) is 55.8 Å². The molecule has 1 amide bonds. The molecule has 0 radical (unpaired) electrons. The molecule has 23 heavy (non-hydrogen) atoms. The number of aryl methyl sites for hydroxylation is 2. The fourth-order valence-electron chi connectivity index (χ4n) is 2.21. The smallest absolute Gasteiger partial charge is 0.273 e. The lowest BCUT2D eigenvalue weighted by Gasteiger charge is -2.08. The van der Waals surface area contributed by atoms with Crippen molar-refractivity contribution in [3.8, 4) is 0 Å². The summed E-state index contributed by atoms with van der Waals surface area (Å²) in [6.45, 7) is 4.64. The molecule has 0 saturated heterocycles. The van der Waals surface area contributed by atoms with Gasteiger partial charge in [0.1, 0.15) is 0 Å². The predicted molar refractivity (Wildman–Crippen MR) is 89.4 cm³/mol. The van der Waals surface area contributed by atoms with Crippen molar-refractivity contribution in [3.63, 3.8) is 0 Å². The highest BCUT2D eigenvalue weighted by molar-refractivity contribution is 9.10. The SMILES string of the molecule is Cc1nn(CCCNC(=O)c2cccc([N+](=O)[O-])c2C)cc1Br. The van der Waals surface area contributed by atoms with Gasteiger partial charge in [0, 0.05) is 36.5 Å². The lowest BCUT2D eigenvalue weighted by atomic mass is 10.1. The molecule has 0 spiro atoms. The van der Waals surface area contributed by atoms with Gasteiger partial charge in [-0.3, -0.25) is 19.6 Å². The summed E-state index contributed by atoms with van der Waals surface area (Å²) in [6.07, 6.45) is 2.61. The lowest BCUT2D eigenvalue weighted by Crippen LogP contribution is -2.26. The molecule has 0 bridgehead atoms. The normalized spacial score (nSPS) is 10.6. The summed E-state index contributed by atoms with van der Waals surface area (Å²) in [6, 6.07) is 4.50. The van der Waals surface area contributed by atoms with E-state index < -0.39 is 4.92 Å². The summed E-state index contributed by atoms with van der Waals surface area (Å²) in [5.41, 5.74) is 1.58. The Morgan fingerprint density at radius 1 is 1.43 bits per heavy atom. The van der Waals surface area contributed by atoms with Crippen LogP contribution in [0.1, 0.15) is 28.0 Å². The Labute approximate surface area is 142 Å². The van der Waals surface area contributed by atoms with Crippen molar-refractivity contribution in [1.82, 2.24) is 15.1 Å². The van der Waals surface area contributed by atoms with Gasteiger partial charge in [-0.2, -0.15) is 5.10 Å². The molecule has 0 aliphatic rings. The maximum Gasteiger partial charge on any atom is 0.273 e. The molecule has 0 unspecified atom stereocenters. The Hall–Kier alpha value is -2.22. The van der Waals surface area contributed by atoms with Crippen molar-refractivity contribution in [1.29, 1.82) is 0 Å². The molecule has 0 aliphatic carbocycles. The van der Waals surface area contributed by atoms with Crippen LogP contribution in [0, 0.1) is 24.0 Å². The molecule has 0 atom stereocenters. The second-order valence-corrected chi connectivity index (χ2v) is 6.00. The number of nitrogens with one attached hydrogen (secondary N) is 1. The second-order valence-electron chi connectivity index (χ2n) is 5.14.